The van der Waals surface area contributed by atoms with E-state index in [1.165, 1.54) is 32.1 Å². The minimum atomic E-state index is 0.443. The van der Waals surface area contributed by atoms with Gasteiger partial charge in [0.25, 0.3) is 0 Å². The second kappa shape index (κ2) is 9.52. The Kier molecular flexibility index (Phi) is 8.36. The molecule has 1 rings (SSSR count). The van der Waals surface area contributed by atoms with Gasteiger partial charge in [0, 0.05) is 24.9 Å². The van der Waals surface area contributed by atoms with Gasteiger partial charge in [0.1, 0.15) is 5.78 Å². The number of hydrogen-bond acceptors (Lipinski definition) is 2. The molecule has 2 nitrogen and oxygen atoms in total. The van der Waals surface area contributed by atoms with Crippen molar-refractivity contribution >= 4 is 5.78 Å². The first-order valence-corrected chi connectivity index (χ1v) is 8.43. The van der Waals surface area contributed by atoms with Gasteiger partial charge in [0.05, 0.1) is 0 Å². The van der Waals surface area contributed by atoms with Crippen molar-refractivity contribution in [3.63, 3.8) is 0 Å². The van der Waals surface area contributed by atoms with Crippen LogP contribution in [0.4, 0.5) is 0 Å². The van der Waals surface area contributed by atoms with E-state index in [0.717, 1.165) is 44.1 Å². The van der Waals surface area contributed by atoms with Crippen LogP contribution in [-0.2, 0) is 4.79 Å². The number of carbonyl (C=O) groups excluding carboxylic acids is 1. The van der Waals surface area contributed by atoms with Crippen molar-refractivity contribution in [2.75, 3.05) is 0 Å². The van der Waals surface area contributed by atoms with Crippen LogP contribution in [0.5, 0.6) is 0 Å². The molecule has 1 aliphatic rings. The van der Waals surface area contributed by atoms with Gasteiger partial charge in [-0.3, -0.25) is 4.79 Å². The smallest absolute Gasteiger partial charge is 0.132 e. The van der Waals surface area contributed by atoms with Crippen LogP contribution in [0.25, 0.3) is 0 Å². The first-order chi connectivity index (χ1) is 9.15. The monoisotopic (exact) mass is 267 g/mol. The lowest BCUT2D eigenvalue weighted by Crippen LogP contribution is -2.39. The van der Waals surface area contributed by atoms with Gasteiger partial charge >= 0.3 is 0 Å². The summed E-state index contributed by atoms with van der Waals surface area (Å²) >= 11 is 0. The number of Topliss-reactive ketones (excluding diaryl/α,β-unsaturated/α-hetero) is 1. The van der Waals surface area contributed by atoms with E-state index in [1.807, 2.05) is 0 Å². The van der Waals surface area contributed by atoms with Crippen LogP contribution in [-0.4, -0.2) is 17.9 Å². The lowest BCUT2D eigenvalue weighted by Gasteiger charge is -2.30. The minimum Gasteiger partial charge on any atom is -0.312 e. The molecule has 0 saturated heterocycles. The number of nitrogens with one attached hydrogen (secondary N) is 1. The standard InChI is InChI=1S/C17H33NO/c1-4-7-17(19)9-6-8-14(3)18-16-12-10-15(5-2)11-13-16/h14-16,18H,4-13H2,1-3H3. The van der Waals surface area contributed by atoms with Gasteiger partial charge < -0.3 is 5.32 Å². The van der Waals surface area contributed by atoms with Crippen LogP contribution in [0.3, 0.4) is 0 Å². The van der Waals surface area contributed by atoms with Gasteiger partial charge in [0.2, 0.25) is 0 Å². The quantitative estimate of drug-likeness (QED) is 0.667. The van der Waals surface area contributed by atoms with Crippen molar-refractivity contribution in [3.8, 4) is 0 Å². The van der Waals surface area contributed by atoms with Gasteiger partial charge in [-0.25, -0.2) is 0 Å². The molecule has 1 N–H and O–H groups in total. The summed E-state index contributed by atoms with van der Waals surface area (Å²) in [4.78, 5) is 11.5. The summed E-state index contributed by atoms with van der Waals surface area (Å²) in [6.45, 7) is 6.67. The number of rotatable bonds is 9. The maximum atomic E-state index is 11.5. The van der Waals surface area contributed by atoms with E-state index in [0.29, 0.717) is 11.8 Å². The van der Waals surface area contributed by atoms with Gasteiger partial charge in [-0.2, -0.15) is 0 Å². The molecule has 1 saturated carbocycles. The molecule has 0 aromatic rings. The summed E-state index contributed by atoms with van der Waals surface area (Å²) in [5.41, 5.74) is 0. The highest BCUT2D eigenvalue weighted by molar-refractivity contribution is 5.78. The zero-order valence-corrected chi connectivity index (χ0v) is 13.2. The fourth-order valence-electron chi connectivity index (χ4n) is 3.23. The van der Waals surface area contributed by atoms with Crippen molar-refractivity contribution in [1.29, 1.82) is 0 Å². The molecule has 0 aromatic carbocycles. The second-order valence-corrected chi connectivity index (χ2v) is 6.37. The third kappa shape index (κ3) is 7.10. The van der Waals surface area contributed by atoms with Gasteiger partial charge in [-0.15, -0.1) is 0 Å². The average Bonchev–Trinajstić information content (AvgIpc) is 2.40. The van der Waals surface area contributed by atoms with Gasteiger partial charge in [0.15, 0.2) is 0 Å². The third-order valence-corrected chi connectivity index (χ3v) is 4.57. The van der Waals surface area contributed by atoms with E-state index in [4.69, 9.17) is 0 Å². The Morgan fingerprint density at radius 3 is 2.42 bits per heavy atom. The largest absolute Gasteiger partial charge is 0.312 e. The van der Waals surface area contributed by atoms with Gasteiger partial charge in [-0.05, 0) is 57.8 Å². The highest BCUT2D eigenvalue weighted by Crippen LogP contribution is 2.26. The predicted molar refractivity (Wildman–Crippen MR) is 82.4 cm³/mol. The summed E-state index contributed by atoms with van der Waals surface area (Å²) in [5.74, 6) is 1.41. The maximum Gasteiger partial charge on any atom is 0.132 e. The van der Waals surface area contributed by atoms with E-state index in [1.54, 1.807) is 0 Å². The maximum absolute atomic E-state index is 11.5. The van der Waals surface area contributed by atoms with Crippen LogP contribution in [0.1, 0.15) is 85.0 Å². The van der Waals surface area contributed by atoms with Crippen LogP contribution < -0.4 is 5.32 Å². The molecule has 0 aliphatic heterocycles. The zero-order chi connectivity index (χ0) is 14.1. The third-order valence-electron chi connectivity index (χ3n) is 4.57. The number of hydrogen-bond donors (Lipinski definition) is 1. The van der Waals surface area contributed by atoms with E-state index >= 15 is 0 Å². The molecule has 1 atom stereocenters. The molecule has 0 radical (unpaired) electrons. The lowest BCUT2D eigenvalue weighted by atomic mass is 9.84. The highest BCUT2D eigenvalue weighted by atomic mass is 16.1. The molecule has 112 valence electrons. The molecule has 19 heavy (non-hydrogen) atoms. The number of ketones is 1. The normalized spacial score (nSPS) is 25.2. The molecule has 0 spiro atoms. The topological polar surface area (TPSA) is 29.1 Å². The van der Waals surface area contributed by atoms with Crippen molar-refractivity contribution in [3.05, 3.63) is 0 Å². The molecular formula is C17H33NO. The number of carbonyl (C=O) groups is 1. The van der Waals surface area contributed by atoms with Crippen LogP contribution >= 0.6 is 0 Å². The molecule has 2 heteroatoms. The average molecular weight is 267 g/mol. The zero-order valence-electron chi connectivity index (χ0n) is 13.2. The first kappa shape index (κ1) is 16.7. The Morgan fingerprint density at radius 2 is 1.84 bits per heavy atom. The Labute approximate surface area is 119 Å². The van der Waals surface area contributed by atoms with E-state index in [-0.39, 0.29) is 0 Å². The fraction of sp³-hybridized carbons (Fsp3) is 0.941. The van der Waals surface area contributed by atoms with Crippen molar-refractivity contribution in [2.45, 2.75) is 97.1 Å². The fourth-order valence-corrected chi connectivity index (χ4v) is 3.23. The summed E-state index contributed by atoms with van der Waals surface area (Å²) in [7, 11) is 0. The van der Waals surface area contributed by atoms with Crippen LogP contribution in [0.2, 0.25) is 0 Å². The van der Waals surface area contributed by atoms with E-state index in [2.05, 4.69) is 26.1 Å². The summed E-state index contributed by atoms with van der Waals surface area (Å²) in [5, 5.41) is 3.76. The molecule has 0 aromatic heterocycles. The molecule has 1 fully saturated rings. The molecular weight excluding hydrogens is 234 g/mol. The molecule has 1 unspecified atom stereocenters. The molecule has 0 amide bonds. The van der Waals surface area contributed by atoms with Crippen LogP contribution in [0, 0.1) is 5.92 Å². The Bertz CT molecular complexity index is 244. The summed E-state index contributed by atoms with van der Waals surface area (Å²) < 4.78 is 0. The predicted octanol–water partition coefficient (Wildman–Crippen LogP) is 4.47. The Hall–Kier alpha value is -0.370. The lowest BCUT2D eigenvalue weighted by molar-refractivity contribution is -0.119. The summed E-state index contributed by atoms with van der Waals surface area (Å²) in [6.07, 6.45) is 11.6. The van der Waals surface area contributed by atoms with Crippen molar-refractivity contribution in [2.24, 2.45) is 5.92 Å². The van der Waals surface area contributed by atoms with E-state index < -0.39 is 0 Å². The molecule has 0 heterocycles. The molecule has 1 aliphatic carbocycles. The van der Waals surface area contributed by atoms with E-state index in [9.17, 15) is 4.79 Å². The summed E-state index contributed by atoms with van der Waals surface area (Å²) in [6, 6.07) is 1.29. The Morgan fingerprint density at radius 1 is 1.16 bits per heavy atom. The van der Waals surface area contributed by atoms with Gasteiger partial charge in [-0.1, -0.05) is 20.3 Å². The molecule has 0 bridgehead atoms. The highest BCUT2D eigenvalue weighted by Gasteiger charge is 2.20. The first-order valence-electron chi connectivity index (χ1n) is 8.43. The SMILES string of the molecule is CCCC(=O)CCCC(C)NC1CCC(CC)CC1. The van der Waals surface area contributed by atoms with Crippen molar-refractivity contribution < 1.29 is 4.79 Å². The second-order valence-electron chi connectivity index (χ2n) is 6.37. The van der Waals surface area contributed by atoms with Crippen LogP contribution in [0.15, 0.2) is 0 Å². The Balaban J connectivity index is 2.07. The minimum absolute atomic E-state index is 0.443. The van der Waals surface area contributed by atoms with Crippen molar-refractivity contribution in [1.82, 2.24) is 5.32 Å².